The average Bonchev–Trinajstić information content (AvgIpc) is 2.76. The summed E-state index contributed by atoms with van der Waals surface area (Å²) in [6, 6.07) is 24.2. The standard InChI is InChI=1S/C24H23NO4/c1-18-9-5-6-10-19(18)15-25-23(26)17-29-24(27)22-14-8-7-11-20(22)16-28-21-12-3-2-4-13-21/h2-14H,15-17H2,1H3,(H,25,26). The highest BCUT2D eigenvalue weighted by Gasteiger charge is 2.14. The minimum Gasteiger partial charge on any atom is -0.489 e. The van der Waals surface area contributed by atoms with E-state index in [4.69, 9.17) is 9.47 Å². The monoisotopic (exact) mass is 389 g/mol. The second kappa shape index (κ2) is 10.1. The van der Waals surface area contributed by atoms with Gasteiger partial charge in [-0.15, -0.1) is 0 Å². The lowest BCUT2D eigenvalue weighted by Gasteiger charge is -2.11. The van der Waals surface area contributed by atoms with Crippen molar-refractivity contribution in [1.29, 1.82) is 0 Å². The van der Waals surface area contributed by atoms with Crippen molar-refractivity contribution in [2.45, 2.75) is 20.1 Å². The molecule has 1 N–H and O–H groups in total. The summed E-state index contributed by atoms with van der Waals surface area (Å²) >= 11 is 0. The number of hydrogen-bond acceptors (Lipinski definition) is 4. The topological polar surface area (TPSA) is 64.6 Å². The molecule has 0 saturated carbocycles. The Labute approximate surface area is 170 Å². The van der Waals surface area contributed by atoms with Gasteiger partial charge in [0, 0.05) is 12.1 Å². The summed E-state index contributed by atoms with van der Waals surface area (Å²) in [5.74, 6) is -0.186. The van der Waals surface area contributed by atoms with Crippen molar-refractivity contribution in [2.75, 3.05) is 6.61 Å². The van der Waals surface area contributed by atoms with Gasteiger partial charge < -0.3 is 14.8 Å². The first-order valence-corrected chi connectivity index (χ1v) is 9.37. The van der Waals surface area contributed by atoms with Crippen molar-refractivity contribution in [3.05, 3.63) is 101 Å². The maximum atomic E-state index is 12.5. The van der Waals surface area contributed by atoms with E-state index >= 15 is 0 Å². The summed E-state index contributed by atoms with van der Waals surface area (Å²) in [6.45, 7) is 2.27. The third-order valence-electron chi connectivity index (χ3n) is 4.45. The predicted octanol–water partition coefficient (Wildman–Crippen LogP) is 4.05. The van der Waals surface area contributed by atoms with E-state index in [1.54, 1.807) is 18.2 Å². The van der Waals surface area contributed by atoms with E-state index in [2.05, 4.69) is 5.32 Å². The molecule has 5 heteroatoms. The lowest BCUT2D eigenvalue weighted by Crippen LogP contribution is -2.28. The second-order valence-corrected chi connectivity index (χ2v) is 6.54. The number of benzene rings is 3. The molecule has 0 atom stereocenters. The third kappa shape index (κ3) is 5.94. The van der Waals surface area contributed by atoms with Gasteiger partial charge in [-0.05, 0) is 36.2 Å². The highest BCUT2D eigenvalue weighted by molar-refractivity contribution is 5.92. The van der Waals surface area contributed by atoms with Crippen LogP contribution in [0.3, 0.4) is 0 Å². The number of hydrogen-bond donors (Lipinski definition) is 1. The summed E-state index contributed by atoms with van der Waals surface area (Å²) < 4.78 is 10.9. The predicted molar refractivity (Wildman–Crippen MR) is 111 cm³/mol. The normalized spacial score (nSPS) is 10.2. The number of esters is 1. The molecule has 0 fully saturated rings. The number of rotatable bonds is 8. The van der Waals surface area contributed by atoms with Crippen molar-refractivity contribution in [2.24, 2.45) is 0 Å². The molecular formula is C24H23NO4. The van der Waals surface area contributed by atoms with Gasteiger partial charge in [0.05, 0.1) is 5.56 Å². The molecule has 3 rings (SSSR count). The molecule has 29 heavy (non-hydrogen) atoms. The van der Waals surface area contributed by atoms with Gasteiger partial charge in [-0.3, -0.25) is 4.79 Å². The molecule has 3 aromatic rings. The van der Waals surface area contributed by atoms with Gasteiger partial charge in [0.1, 0.15) is 12.4 Å². The van der Waals surface area contributed by atoms with Crippen molar-refractivity contribution in [3.63, 3.8) is 0 Å². The van der Waals surface area contributed by atoms with E-state index in [-0.39, 0.29) is 19.1 Å². The summed E-state index contributed by atoms with van der Waals surface area (Å²) in [5, 5.41) is 2.77. The first kappa shape index (κ1) is 20.1. The first-order chi connectivity index (χ1) is 14.1. The molecule has 0 unspecified atom stereocenters. The molecule has 148 valence electrons. The lowest BCUT2D eigenvalue weighted by atomic mass is 10.1. The van der Waals surface area contributed by atoms with Crippen LogP contribution in [0.4, 0.5) is 0 Å². The molecular weight excluding hydrogens is 366 g/mol. The van der Waals surface area contributed by atoms with Crippen LogP contribution in [0.15, 0.2) is 78.9 Å². The van der Waals surface area contributed by atoms with Gasteiger partial charge in [-0.1, -0.05) is 60.7 Å². The van der Waals surface area contributed by atoms with Crippen molar-refractivity contribution in [1.82, 2.24) is 5.32 Å². The Morgan fingerprint density at radius 3 is 2.24 bits per heavy atom. The summed E-state index contributed by atoms with van der Waals surface area (Å²) in [4.78, 5) is 24.5. The van der Waals surface area contributed by atoms with Gasteiger partial charge in [-0.25, -0.2) is 4.79 Å². The number of para-hydroxylation sites is 1. The molecule has 0 aromatic heterocycles. The SMILES string of the molecule is Cc1ccccc1CNC(=O)COC(=O)c1ccccc1COc1ccccc1. The lowest BCUT2D eigenvalue weighted by molar-refractivity contribution is -0.124. The zero-order valence-electron chi connectivity index (χ0n) is 16.3. The highest BCUT2D eigenvalue weighted by Crippen LogP contribution is 2.15. The molecule has 0 bridgehead atoms. The van der Waals surface area contributed by atoms with Gasteiger partial charge in [-0.2, -0.15) is 0 Å². The summed E-state index contributed by atoms with van der Waals surface area (Å²) in [5.41, 5.74) is 3.20. The van der Waals surface area contributed by atoms with E-state index in [1.165, 1.54) is 0 Å². The fourth-order valence-corrected chi connectivity index (χ4v) is 2.79. The third-order valence-corrected chi connectivity index (χ3v) is 4.45. The molecule has 3 aromatic carbocycles. The van der Waals surface area contributed by atoms with Crippen LogP contribution < -0.4 is 10.1 Å². The quantitative estimate of drug-likeness (QED) is 0.591. The first-order valence-electron chi connectivity index (χ1n) is 9.37. The van der Waals surface area contributed by atoms with E-state index in [0.717, 1.165) is 11.1 Å². The fourth-order valence-electron chi connectivity index (χ4n) is 2.79. The van der Waals surface area contributed by atoms with Gasteiger partial charge in [0.25, 0.3) is 5.91 Å². The Bertz CT molecular complexity index is 969. The smallest absolute Gasteiger partial charge is 0.339 e. The van der Waals surface area contributed by atoms with Crippen LogP contribution in [0, 0.1) is 6.92 Å². The number of aryl methyl sites for hydroxylation is 1. The fraction of sp³-hybridized carbons (Fsp3) is 0.167. The maximum Gasteiger partial charge on any atom is 0.339 e. The van der Waals surface area contributed by atoms with E-state index in [9.17, 15) is 9.59 Å². The summed E-state index contributed by atoms with van der Waals surface area (Å²) in [7, 11) is 0. The van der Waals surface area contributed by atoms with Crippen LogP contribution in [0.2, 0.25) is 0 Å². The van der Waals surface area contributed by atoms with Crippen molar-refractivity contribution < 1.29 is 19.1 Å². The molecule has 5 nitrogen and oxygen atoms in total. The number of carbonyl (C=O) groups is 2. The molecule has 1 amide bonds. The van der Waals surface area contributed by atoms with Crippen LogP contribution >= 0.6 is 0 Å². The maximum absolute atomic E-state index is 12.5. The molecule has 0 aliphatic heterocycles. The molecule has 0 radical (unpaired) electrons. The van der Waals surface area contributed by atoms with Crippen LogP contribution in [0.1, 0.15) is 27.0 Å². The molecule has 0 spiro atoms. The van der Waals surface area contributed by atoms with Crippen LogP contribution in [-0.4, -0.2) is 18.5 Å². The zero-order chi connectivity index (χ0) is 20.5. The highest BCUT2D eigenvalue weighted by atomic mass is 16.5. The Balaban J connectivity index is 1.52. The zero-order valence-corrected chi connectivity index (χ0v) is 16.3. The van der Waals surface area contributed by atoms with E-state index in [1.807, 2.05) is 67.6 Å². The minimum atomic E-state index is -0.552. The van der Waals surface area contributed by atoms with Gasteiger partial charge >= 0.3 is 5.97 Å². The summed E-state index contributed by atoms with van der Waals surface area (Å²) in [6.07, 6.45) is 0. The van der Waals surface area contributed by atoms with E-state index in [0.29, 0.717) is 23.4 Å². The number of carbonyl (C=O) groups excluding carboxylic acids is 2. The van der Waals surface area contributed by atoms with Crippen molar-refractivity contribution in [3.8, 4) is 5.75 Å². The van der Waals surface area contributed by atoms with Crippen LogP contribution in [0.5, 0.6) is 5.75 Å². The van der Waals surface area contributed by atoms with Crippen LogP contribution in [0.25, 0.3) is 0 Å². The minimum absolute atomic E-state index is 0.231. The van der Waals surface area contributed by atoms with E-state index < -0.39 is 5.97 Å². The Hall–Kier alpha value is -3.60. The Kier molecular flexibility index (Phi) is 7.00. The average molecular weight is 389 g/mol. The van der Waals surface area contributed by atoms with Gasteiger partial charge in [0.2, 0.25) is 0 Å². The Morgan fingerprint density at radius 1 is 0.828 bits per heavy atom. The largest absolute Gasteiger partial charge is 0.489 e. The molecule has 0 heterocycles. The Morgan fingerprint density at radius 2 is 1.48 bits per heavy atom. The number of ether oxygens (including phenoxy) is 2. The molecule has 0 aliphatic rings. The molecule has 0 saturated heterocycles. The second-order valence-electron chi connectivity index (χ2n) is 6.54. The molecule has 0 aliphatic carbocycles. The number of nitrogens with one attached hydrogen (secondary N) is 1. The van der Waals surface area contributed by atoms with Gasteiger partial charge in [0.15, 0.2) is 6.61 Å². The van der Waals surface area contributed by atoms with Crippen molar-refractivity contribution >= 4 is 11.9 Å². The van der Waals surface area contributed by atoms with Crippen LogP contribution in [-0.2, 0) is 22.7 Å². The number of amides is 1.